The molecule has 1 atom stereocenters. The van der Waals surface area contributed by atoms with E-state index in [0.29, 0.717) is 38.5 Å². The number of para-hydroxylation sites is 2. The SMILES string of the molecule is COc1cccc(C(=O)Nc2ccccc2OC(C)C(=O)Nc2cc(Cl)cc(Cl)c2)c1. The van der Waals surface area contributed by atoms with Gasteiger partial charge in [0.05, 0.1) is 12.8 Å². The molecule has 0 radical (unpaired) electrons. The van der Waals surface area contributed by atoms with Crippen molar-refractivity contribution in [1.82, 2.24) is 0 Å². The molecule has 3 aromatic rings. The van der Waals surface area contributed by atoms with E-state index >= 15 is 0 Å². The Bertz CT molecular complexity index is 1080. The molecule has 0 aromatic heterocycles. The van der Waals surface area contributed by atoms with E-state index < -0.39 is 12.0 Å². The maximum Gasteiger partial charge on any atom is 0.265 e. The highest BCUT2D eigenvalue weighted by molar-refractivity contribution is 6.35. The predicted molar refractivity (Wildman–Crippen MR) is 123 cm³/mol. The van der Waals surface area contributed by atoms with Crippen molar-refractivity contribution < 1.29 is 19.1 Å². The average Bonchev–Trinajstić information content (AvgIpc) is 2.74. The van der Waals surface area contributed by atoms with Crippen molar-refractivity contribution in [2.24, 2.45) is 0 Å². The summed E-state index contributed by atoms with van der Waals surface area (Å²) in [6, 6.07) is 18.4. The highest BCUT2D eigenvalue weighted by Gasteiger charge is 2.18. The zero-order valence-corrected chi connectivity index (χ0v) is 18.3. The van der Waals surface area contributed by atoms with Crippen LogP contribution in [0.5, 0.6) is 11.5 Å². The largest absolute Gasteiger partial charge is 0.497 e. The lowest BCUT2D eigenvalue weighted by Crippen LogP contribution is -2.30. The quantitative estimate of drug-likeness (QED) is 0.478. The molecular formula is C23H20Cl2N2O4. The van der Waals surface area contributed by atoms with Gasteiger partial charge in [-0.2, -0.15) is 0 Å². The molecule has 0 fully saturated rings. The smallest absolute Gasteiger partial charge is 0.265 e. The monoisotopic (exact) mass is 458 g/mol. The maximum atomic E-state index is 12.6. The van der Waals surface area contributed by atoms with Gasteiger partial charge < -0.3 is 20.1 Å². The summed E-state index contributed by atoms with van der Waals surface area (Å²) in [4.78, 5) is 25.2. The minimum absolute atomic E-state index is 0.333. The van der Waals surface area contributed by atoms with Gasteiger partial charge in [0.15, 0.2) is 6.10 Å². The molecule has 0 saturated heterocycles. The average molecular weight is 459 g/mol. The summed E-state index contributed by atoms with van der Waals surface area (Å²) in [5, 5.41) is 6.32. The fourth-order valence-electron chi connectivity index (χ4n) is 2.75. The first-order valence-electron chi connectivity index (χ1n) is 9.34. The lowest BCUT2D eigenvalue weighted by molar-refractivity contribution is -0.122. The van der Waals surface area contributed by atoms with E-state index in [1.807, 2.05) is 0 Å². The van der Waals surface area contributed by atoms with Gasteiger partial charge in [-0.15, -0.1) is 0 Å². The summed E-state index contributed by atoms with van der Waals surface area (Å²) in [6.45, 7) is 1.60. The second-order valence-electron chi connectivity index (χ2n) is 6.59. The Morgan fingerprint density at radius 2 is 1.61 bits per heavy atom. The number of ether oxygens (including phenoxy) is 2. The molecule has 1 unspecified atom stereocenters. The topological polar surface area (TPSA) is 76.7 Å². The van der Waals surface area contributed by atoms with Gasteiger partial charge in [-0.05, 0) is 55.5 Å². The summed E-state index contributed by atoms with van der Waals surface area (Å²) < 4.78 is 11.0. The Labute approximate surface area is 190 Å². The molecule has 8 heteroatoms. The number of carbonyl (C=O) groups is 2. The molecule has 6 nitrogen and oxygen atoms in total. The standard InChI is InChI=1S/C23H20Cl2N2O4/c1-14(22(28)26-18-12-16(24)11-17(25)13-18)31-21-9-4-3-8-20(21)27-23(29)15-6-5-7-19(10-15)30-2/h3-14H,1-2H3,(H,26,28)(H,27,29). The number of hydrogen-bond acceptors (Lipinski definition) is 4. The van der Waals surface area contributed by atoms with Gasteiger partial charge in [0.1, 0.15) is 11.5 Å². The van der Waals surface area contributed by atoms with Gasteiger partial charge in [0.25, 0.3) is 11.8 Å². The molecule has 0 saturated carbocycles. The van der Waals surface area contributed by atoms with Crippen molar-refractivity contribution in [3.05, 3.63) is 82.3 Å². The summed E-state index contributed by atoms with van der Waals surface area (Å²) in [5.74, 6) is 0.196. The van der Waals surface area contributed by atoms with E-state index in [9.17, 15) is 9.59 Å². The van der Waals surface area contributed by atoms with E-state index in [1.54, 1.807) is 73.7 Å². The Balaban J connectivity index is 1.70. The van der Waals surface area contributed by atoms with Crippen LogP contribution in [0.1, 0.15) is 17.3 Å². The fourth-order valence-corrected chi connectivity index (χ4v) is 3.27. The van der Waals surface area contributed by atoms with Crippen LogP contribution in [0.4, 0.5) is 11.4 Å². The minimum Gasteiger partial charge on any atom is -0.497 e. The molecule has 2 N–H and O–H groups in total. The lowest BCUT2D eigenvalue weighted by Gasteiger charge is -2.18. The summed E-state index contributed by atoms with van der Waals surface area (Å²) >= 11 is 11.9. The molecule has 0 bridgehead atoms. The van der Waals surface area contributed by atoms with Crippen LogP contribution < -0.4 is 20.1 Å². The third-order valence-corrected chi connectivity index (χ3v) is 4.71. The zero-order chi connectivity index (χ0) is 22.4. The number of anilines is 2. The Morgan fingerprint density at radius 3 is 2.32 bits per heavy atom. The highest BCUT2D eigenvalue weighted by atomic mass is 35.5. The van der Waals surface area contributed by atoms with Crippen molar-refractivity contribution in [1.29, 1.82) is 0 Å². The van der Waals surface area contributed by atoms with Crippen molar-refractivity contribution in [3.8, 4) is 11.5 Å². The highest BCUT2D eigenvalue weighted by Crippen LogP contribution is 2.27. The second-order valence-corrected chi connectivity index (χ2v) is 7.46. The summed E-state index contributed by atoms with van der Waals surface area (Å²) in [7, 11) is 1.53. The van der Waals surface area contributed by atoms with Crippen molar-refractivity contribution >= 4 is 46.4 Å². The molecule has 3 rings (SSSR count). The van der Waals surface area contributed by atoms with Crippen LogP contribution in [0, 0.1) is 0 Å². The van der Waals surface area contributed by atoms with Crippen molar-refractivity contribution in [2.45, 2.75) is 13.0 Å². The number of hydrogen-bond donors (Lipinski definition) is 2. The number of amides is 2. The first-order chi connectivity index (χ1) is 14.9. The van der Waals surface area contributed by atoms with Gasteiger partial charge in [-0.25, -0.2) is 0 Å². The number of methoxy groups -OCH3 is 1. The molecule has 0 heterocycles. The Kier molecular flexibility index (Phi) is 7.39. The number of rotatable bonds is 7. The maximum absolute atomic E-state index is 12.6. The van der Waals surface area contributed by atoms with E-state index in [4.69, 9.17) is 32.7 Å². The van der Waals surface area contributed by atoms with Gasteiger partial charge in [0, 0.05) is 21.3 Å². The summed E-state index contributed by atoms with van der Waals surface area (Å²) in [5.41, 5.74) is 1.32. The number of nitrogens with one attached hydrogen (secondary N) is 2. The molecule has 2 amide bonds. The van der Waals surface area contributed by atoms with E-state index in [-0.39, 0.29) is 5.91 Å². The van der Waals surface area contributed by atoms with Crippen LogP contribution >= 0.6 is 23.2 Å². The molecular weight excluding hydrogens is 439 g/mol. The van der Waals surface area contributed by atoms with Gasteiger partial charge in [-0.1, -0.05) is 41.4 Å². The van der Waals surface area contributed by atoms with Crippen molar-refractivity contribution in [2.75, 3.05) is 17.7 Å². The first kappa shape index (κ1) is 22.5. The number of carbonyl (C=O) groups excluding carboxylic acids is 2. The van der Waals surface area contributed by atoms with Crippen LogP contribution in [-0.4, -0.2) is 25.0 Å². The van der Waals surface area contributed by atoms with E-state index in [2.05, 4.69) is 10.6 Å². The Morgan fingerprint density at radius 1 is 0.903 bits per heavy atom. The molecule has 31 heavy (non-hydrogen) atoms. The van der Waals surface area contributed by atoms with E-state index in [0.717, 1.165) is 0 Å². The van der Waals surface area contributed by atoms with Gasteiger partial charge >= 0.3 is 0 Å². The van der Waals surface area contributed by atoms with E-state index in [1.165, 1.54) is 7.11 Å². The predicted octanol–water partition coefficient (Wildman–Crippen LogP) is 5.66. The van der Waals surface area contributed by atoms with Crippen LogP contribution in [0.15, 0.2) is 66.7 Å². The molecule has 3 aromatic carbocycles. The fraction of sp³-hybridized carbons (Fsp3) is 0.130. The third-order valence-electron chi connectivity index (χ3n) is 4.27. The normalized spacial score (nSPS) is 11.4. The van der Waals surface area contributed by atoms with Gasteiger partial charge in [-0.3, -0.25) is 9.59 Å². The Hall–Kier alpha value is -3.22. The minimum atomic E-state index is -0.854. The molecule has 0 aliphatic heterocycles. The molecule has 0 spiro atoms. The van der Waals surface area contributed by atoms with Crippen LogP contribution in [0.3, 0.4) is 0 Å². The molecule has 160 valence electrons. The van der Waals surface area contributed by atoms with Crippen LogP contribution in [0.25, 0.3) is 0 Å². The first-order valence-corrected chi connectivity index (χ1v) is 10.1. The van der Waals surface area contributed by atoms with Crippen LogP contribution in [-0.2, 0) is 4.79 Å². The number of halogens is 2. The molecule has 0 aliphatic carbocycles. The third kappa shape index (κ3) is 6.13. The number of benzene rings is 3. The second kappa shape index (κ2) is 10.2. The zero-order valence-electron chi connectivity index (χ0n) is 16.8. The lowest BCUT2D eigenvalue weighted by atomic mass is 10.2. The van der Waals surface area contributed by atoms with Crippen LogP contribution in [0.2, 0.25) is 10.0 Å². The summed E-state index contributed by atoms with van der Waals surface area (Å²) in [6.07, 6.45) is -0.854. The van der Waals surface area contributed by atoms with Gasteiger partial charge in [0.2, 0.25) is 0 Å². The van der Waals surface area contributed by atoms with Crippen molar-refractivity contribution in [3.63, 3.8) is 0 Å². The molecule has 0 aliphatic rings.